The highest BCUT2D eigenvalue weighted by Gasteiger charge is 2.27. The van der Waals surface area contributed by atoms with Crippen LogP contribution in [0.25, 0.3) is 0 Å². The van der Waals surface area contributed by atoms with Crippen molar-refractivity contribution in [1.29, 1.82) is 5.26 Å². The van der Waals surface area contributed by atoms with E-state index in [2.05, 4.69) is 5.32 Å². The van der Waals surface area contributed by atoms with Crippen molar-refractivity contribution < 1.29 is 4.79 Å². The topological polar surface area (TPSA) is 52.9 Å². The summed E-state index contributed by atoms with van der Waals surface area (Å²) in [6, 6.07) is 2.00. The van der Waals surface area contributed by atoms with Gasteiger partial charge in [0.2, 0.25) is 5.91 Å². The molecule has 0 unspecified atom stereocenters. The molecule has 1 saturated carbocycles. The highest BCUT2D eigenvalue weighted by molar-refractivity contribution is 5.84. The zero-order valence-corrected chi connectivity index (χ0v) is 8.97. The normalized spacial score (nSPS) is 17.8. The van der Waals surface area contributed by atoms with Crippen LogP contribution in [0.15, 0.2) is 0 Å². The van der Waals surface area contributed by atoms with E-state index in [4.69, 9.17) is 5.26 Å². The Morgan fingerprint density at radius 2 is 2.07 bits per heavy atom. The van der Waals surface area contributed by atoms with Crippen LogP contribution < -0.4 is 5.32 Å². The molecule has 0 aromatic heterocycles. The summed E-state index contributed by atoms with van der Waals surface area (Å²) in [5, 5.41) is 11.6. The minimum Gasteiger partial charge on any atom is -0.354 e. The molecule has 1 aliphatic rings. The molecule has 0 atom stereocenters. The van der Waals surface area contributed by atoms with Crippen molar-refractivity contribution in [3.05, 3.63) is 0 Å². The molecule has 0 spiro atoms. The van der Waals surface area contributed by atoms with Crippen LogP contribution in [0.4, 0.5) is 0 Å². The highest BCUT2D eigenvalue weighted by Crippen LogP contribution is 2.24. The molecule has 0 saturated heterocycles. The van der Waals surface area contributed by atoms with E-state index in [-0.39, 0.29) is 5.91 Å². The predicted molar refractivity (Wildman–Crippen MR) is 54.4 cm³/mol. The average Bonchev–Trinajstić information content (AvgIpc) is 2.66. The fourth-order valence-electron chi connectivity index (χ4n) is 1.72. The van der Waals surface area contributed by atoms with Gasteiger partial charge in [-0.25, -0.2) is 0 Å². The van der Waals surface area contributed by atoms with Crippen LogP contribution in [0.1, 0.15) is 39.5 Å². The first-order valence-corrected chi connectivity index (χ1v) is 5.26. The van der Waals surface area contributed by atoms with Crippen molar-refractivity contribution in [3.8, 4) is 6.07 Å². The zero-order chi connectivity index (χ0) is 10.6. The number of hydrogen-bond acceptors (Lipinski definition) is 2. The Kier molecular flexibility index (Phi) is 3.51. The second-order valence-corrected chi connectivity index (χ2v) is 4.60. The van der Waals surface area contributed by atoms with Gasteiger partial charge in [0.1, 0.15) is 5.41 Å². The molecule has 3 nitrogen and oxygen atoms in total. The summed E-state index contributed by atoms with van der Waals surface area (Å²) in [4.78, 5) is 11.5. The number of rotatable bonds is 3. The Morgan fingerprint density at radius 3 is 2.57 bits per heavy atom. The van der Waals surface area contributed by atoms with Crippen molar-refractivity contribution in [2.75, 3.05) is 6.54 Å². The third-order valence-corrected chi connectivity index (χ3v) is 2.87. The van der Waals surface area contributed by atoms with Gasteiger partial charge in [-0.3, -0.25) is 4.79 Å². The lowest BCUT2D eigenvalue weighted by Crippen LogP contribution is -2.38. The first kappa shape index (κ1) is 11.0. The summed E-state index contributed by atoms with van der Waals surface area (Å²) in [5.74, 6) is 0.486. The van der Waals surface area contributed by atoms with E-state index in [1.807, 2.05) is 6.07 Å². The molecule has 0 aromatic carbocycles. The van der Waals surface area contributed by atoms with E-state index in [1.54, 1.807) is 13.8 Å². The quantitative estimate of drug-likeness (QED) is 0.745. The molecule has 1 amide bonds. The largest absolute Gasteiger partial charge is 0.354 e. The lowest BCUT2D eigenvalue weighted by molar-refractivity contribution is -0.126. The van der Waals surface area contributed by atoms with Crippen molar-refractivity contribution >= 4 is 5.91 Å². The van der Waals surface area contributed by atoms with Crippen LogP contribution in [0.3, 0.4) is 0 Å². The maximum absolute atomic E-state index is 11.5. The van der Waals surface area contributed by atoms with Crippen LogP contribution in [-0.2, 0) is 4.79 Å². The first-order valence-electron chi connectivity index (χ1n) is 5.26. The van der Waals surface area contributed by atoms with E-state index in [0.29, 0.717) is 5.92 Å². The number of nitriles is 1. The Balaban J connectivity index is 2.31. The molecular weight excluding hydrogens is 176 g/mol. The Labute approximate surface area is 85.5 Å². The number of hydrogen-bond donors (Lipinski definition) is 1. The predicted octanol–water partition coefficient (Wildman–Crippen LogP) is 1.84. The van der Waals surface area contributed by atoms with Crippen LogP contribution in [0.2, 0.25) is 0 Å². The maximum atomic E-state index is 11.5. The van der Waals surface area contributed by atoms with Crippen molar-refractivity contribution in [2.24, 2.45) is 11.3 Å². The molecule has 0 radical (unpaired) electrons. The van der Waals surface area contributed by atoms with Crippen LogP contribution in [0, 0.1) is 22.7 Å². The summed E-state index contributed by atoms with van der Waals surface area (Å²) in [6.07, 6.45) is 4.99. The smallest absolute Gasteiger partial charge is 0.239 e. The van der Waals surface area contributed by atoms with E-state index in [0.717, 1.165) is 6.54 Å². The van der Waals surface area contributed by atoms with E-state index < -0.39 is 5.41 Å². The fourth-order valence-corrected chi connectivity index (χ4v) is 1.72. The zero-order valence-electron chi connectivity index (χ0n) is 8.97. The van der Waals surface area contributed by atoms with Crippen molar-refractivity contribution in [3.63, 3.8) is 0 Å². The molecule has 0 bridgehead atoms. The van der Waals surface area contributed by atoms with Gasteiger partial charge in [-0.2, -0.15) is 5.26 Å². The monoisotopic (exact) mass is 194 g/mol. The second kappa shape index (κ2) is 4.45. The minimum atomic E-state index is -0.890. The summed E-state index contributed by atoms with van der Waals surface area (Å²) < 4.78 is 0. The van der Waals surface area contributed by atoms with Gasteiger partial charge in [0.05, 0.1) is 6.07 Å². The molecule has 78 valence electrons. The molecule has 0 heterocycles. The number of carbonyl (C=O) groups is 1. The van der Waals surface area contributed by atoms with E-state index in [9.17, 15) is 4.79 Å². The lowest BCUT2D eigenvalue weighted by atomic mass is 9.94. The SMILES string of the molecule is CC(C)(C#N)C(=O)NCC1CCCC1. The van der Waals surface area contributed by atoms with Crippen LogP contribution in [-0.4, -0.2) is 12.5 Å². The molecule has 1 aliphatic carbocycles. The molecule has 14 heavy (non-hydrogen) atoms. The molecule has 0 aliphatic heterocycles. The van der Waals surface area contributed by atoms with Gasteiger partial charge in [-0.05, 0) is 32.6 Å². The molecule has 1 rings (SSSR count). The van der Waals surface area contributed by atoms with Crippen LogP contribution >= 0.6 is 0 Å². The van der Waals surface area contributed by atoms with Gasteiger partial charge in [0.15, 0.2) is 0 Å². The van der Waals surface area contributed by atoms with E-state index >= 15 is 0 Å². The fraction of sp³-hybridized carbons (Fsp3) is 0.818. The van der Waals surface area contributed by atoms with Gasteiger partial charge in [-0.1, -0.05) is 12.8 Å². The van der Waals surface area contributed by atoms with Crippen molar-refractivity contribution in [2.45, 2.75) is 39.5 Å². The summed E-state index contributed by atoms with van der Waals surface area (Å²) in [6.45, 7) is 4.04. The van der Waals surface area contributed by atoms with Crippen LogP contribution in [0.5, 0.6) is 0 Å². The Bertz CT molecular complexity index is 247. The van der Waals surface area contributed by atoms with Gasteiger partial charge in [-0.15, -0.1) is 0 Å². The van der Waals surface area contributed by atoms with E-state index in [1.165, 1.54) is 25.7 Å². The number of amides is 1. The highest BCUT2D eigenvalue weighted by atomic mass is 16.2. The Morgan fingerprint density at radius 1 is 1.50 bits per heavy atom. The number of nitrogens with zero attached hydrogens (tertiary/aromatic N) is 1. The first-order chi connectivity index (χ1) is 6.56. The van der Waals surface area contributed by atoms with Gasteiger partial charge in [0.25, 0.3) is 0 Å². The Hall–Kier alpha value is -1.04. The third-order valence-electron chi connectivity index (χ3n) is 2.87. The van der Waals surface area contributed by atoms with Gasteiger partial charge < -0.3 is 5.32 Å². The molecule has 1 N–H and O–H groups in total. The summed E-state index contributed by atoms with van der Waals surface area (Å²) in [5.41, 5.74) is -0.890. The van der Waals surface area contributed by atoms with Gasteiger partial charge >= 0.3 is 0 Å². The summed E-state index contributed by atoms with van der Waals surface area (Å²) in [7, 11) is 0. The molecule has 3 heteroatoms. The summed E-state index contributed by atoms with van der Waals surface area (Å²) >= 11 is 0. The third kappa shape index (κ3) is 2.73. The molecular formula is C11H18N2O. The maximum Gasteiger partial charge on any atom is 0.239 e. The lowest BCUT2D eigenvalue weighted by Gasteiger charge is -2.17. The molecule has 1 fully saturated rings. The second-order valence-electron chi connectivity index (χ2n) is 4.60. The number of carbonyl (C=O) groups excluding carboxylic acids is 1. The van der Waals surface area contributed by atoms with Gasteiger partial charge in [0, 0.05) is 6.54 Å². The average molecular weight is 194 g/mol. The minimum absolute atomic E-state index is 0.146. The standard InChI is InChI=1S/C11H18N2O/c1-11(2,8-12)10(14)13-7-9-5-3-4-6-9/h9H,3-7H2,1-2H3,(H,13,14). The molecule has 0 aromatic rings. The van der Waals surface area contributed by atoms with Crippen molar-refractivity contribution in [1.82, 2.24) is 5.32 Å². The number of nitrogens with one attached hydrogen (secondary N) is 1.